The van der Waals surface area contributed by atoms with Crippen molar-refractivity contribution in [2.45, 2.75) is 19.8 Å². The minimum Gasteiger partial charge on any atom is -0.336 e. The molecule has 0 saturated carbocycles. The highest BCUT2D eigenvalue weighted by Gasteiger charge is 2.31. The maximum Gasteiger partial charge on any atom is 0.279 e. The molecule has 1 atom stereocenters. The lowest BCUT2D eigenvalue weighted by Crippen LogP contribution is -2.44. The highest BCUT2D eigenvalue weighted by atomic mass is 16.2. The predicted molar refractivity (Wildman–Crippen MR) is 134 cm³/mol. The van der Waals surface area contributed by atoms with Crippen LogP contribution in [0.25, 0.3) is 16.5 Å². The summed E-state index contributed by atoms with van der Waals surface area (Å²) in [6.07, 6.45) is 3.01. The van der Waals surface area contributed by atoms with E-state index in [0.717, 1.165) is 5.56 Å². The van der Waals surface area contributed by atoms with E-state index in [9.17, 15) is 14.4 Å². The van der Waals surface area contributed by atoms with Gasteiger partial charge in [-0.2, -0.15) is 9.78 Å². The van der Waals surface area contributed by atoms with Crippen molar-refractivity contribution in [3.8, 4) is 5.69 Å². The van der Waals surface area contributed by atoms with E-state index in [1.54, 1.807) is 47.5 Å². The zero-order chi connectivity index (χ0) is 24.4. The van der Waals surface area contributed by atoms with Crippen LogP contribution in [0.5, 0.6) is 0 Å². The minimum atomic E-state index is -0.361. The Balaban J connectivity index is 1.46. The molecule has 1 unspecified atom stereocenters. The van der Waals surface area contributed by atoms with Crippen LogP contribution >= 0.6 is 0 Å². The first-order chi connectivity index (χ1) is 17.0. The fraction of sp³-hybridized carbons (Fsp3) is 0.222. The lowest BCUT2D eigenvalue weighted by molar-refractivity contribution is -0.121. The molecule has 0 aliphatic carbocycles. The van der Waals surface area contributed by atoms with E-state index in [1.807, 2.05) is 37.3 Å². The van der Waals surface area contributed by atoms with Crippen LogP contribution in [-0.2, 0) is 4.79 Å². The van der Waals surface area contributed by atoms with Crippen molar-refractivity contribution in [2.75, 3.05) is 18.4 Å². The molecule has 8 heteroatoms. The first-order valence-corrected chi connectivity index (χ1v) is 11.6. The highest BCUT2D eigenvalue weighted by Crippen LogP contribution is 2.23. The van der Waals surface area contributed by atoms with Crippen molar-refractivity contribution >= 4 is 28.4 Å². The number of likely N-dealkylation sites (tertiary alicyclic amines) is 1. The summed E-state index contributed by atoms with van der Waals surface area (Å²) in [4.78, 5) is 45.7. The molecule has 4 aromatic rings. The lowest BCUT2D eigenvalue weighted by Gasteiger charge is -2.32. The van der Waals surface area contributed by atoms with E-state index in [4.69, 9.17) is 0 Å². The van der Waals surface area contributed by atoms with Gasteiger partial charge in [-0.15, -0.1) is 0 Å². The number of para-hydroxylation sites is 1. The fourth-order valence-electron chi connectivity index (χ4n) is 4.45. The van der Waals surface area contributed by atoms with Gasteiger partial charge < -0.3 is 10.2 Å². The predicted octanol–water partition coefficient (Wildman–Crippen LogP) is 3.58. The van der Waals surface area contributed by atoms with Crippen LogP contribution in [0.15, 0.2) is 77.7 Å². The first kappa shape index (κ1) is 22.5. The summed E-state index contributed by atoms with van der Waals surface area (Å²) >= 11 is 0. The standard InChI is InChI=1S/C27H25N5O3/c1-18-9-7-15-28-24(18)29-25(33)19-10-8-16-31(17-19)27(35)23-21-13-5-6-14-22(21)26(34)32(30-23)20-11-3-2-4-12-20/h2-7,9,11-15,19H,8,10,16-17H2,1H3,(H,28,29,33). The van der Waals surface area contributed by atoms with Gasteiger partial charge in [0, 0.05) is 24.7 Å². The number of nitrogens with zero attached hydrogens (tertiary/aromatic N) is 4. The molecule has 5 rings (SSSR count). The van der Waals surface area contributed by atoms with Gasteiger partial charge in [0.25, 0.3) is 11.5 Å². The van der Waals surface area contributed by atoms with Crippen molar-refractivity contribution in [2.24, 2.45) is 5.92 Å². The number of aryl methyl sites for hydroxylation is 1. The summed E-state index contributed by atoms with van der Waals surface area (Å²) < 4.78 is 1.27. The van der Waals surface area contributed by atoms with E-state index >= 15 is 0 Å². The van der Waals surface area contributed by atoms with Gasteiger partial charge in [0.05, 0.1) is 17.0 Å². The third kappa shape index (κ3) is 4.42. The number of rotatable bonds is 4. The van der Waals surface area contributed by atoms with Gasteiger partial charge >= 0.3 is 0 Å². The van der Waals surface area contributed by atoms with E-state index < -0.39 is 0 Å². The molecule has 35 heavy (non-hydrogen) atoms. The van der Waals surface area contributed by atoms with E-state index in [0.29, 0.717) is 41.7 Å². The highest BCUT2D eigenvalue weighted by molar-refractivity contribution is 6.05. The molecular formula is C27H25N5O3. The third-order valence-electron chi connectivity index (χ3n) is 6.34. The topological polar surface area (TPSA) is 97.2 Å². The van der Waals surface area contributed by atoms with Crippen LogP contribution in [0.1, 0.15) is 28.9 Å². The number of fused-ring (bicyclic) bond motifs is 1. The third-order valence-corrected chi connectivity index (χ3v) is 6.34. The zero-order valence-corrected chi connectivity index (χ0v) is 19.3. The fourth-order valence-corrected chi connectivity index (χ4v) is 4.45. The Labute approximate surface area is 202 Å². The smallest absolute Gasteiger partial charge is 0.279 e. The van der Waals surface area contributed by atoms with Crippen LogP contribution < -0.4 is 10.9 Å². The summed E-state index contributed by atoms with van der Waals surface area (Å²) in [6, 6.07) is 19.7. The molecule has 1 N–H and O–H groups in total. The largest absolute Gasteiger partial charge is 0.336 e. The van der Waals surface area contributed by atoms with Crippen LogP contribution in [0.4, 0.5) is 5.82 Å². The maximum absolute atomic E-state index is 13.7. The Morgan fingerprint density at radius 1 is 0.971 bits per heavy atom. The van der Waals surface area contributed by atoms with Crippen LogP contribution in [0.2, 0.25) is 0 Å². The second kappa shape index (κ2) is 9.50. The Kier molecular flexibility index (Phi) is 6.10. The molecule has 1 aliphatic heterocycles. The van der Waals surface area contributed by atoms with Gasteiger partial charge in [0.15, 0.2) is 5.69 Å². The van der Waals surface area contributed by atoms with Crippen molar-refractivity contribution in [3.05, 3.63) is 94.5 Å². The first-order valence-electron chi connectivity index (χ1n) is 11.6. The molecule has 1 saturated heterocycles. The zero-order valence-electron chi connectivity index (χ0n) is 19.3. The number of anilines is 1. The van der Waals surface area contributed by atoms with Crippen molar-refractivity contribution < 1.29 is 9.59 Å². The second-order valence-corrected chi connectivity index (χ2v) is 8.70. The molecule has 0 radical (unpaired) electrons. The van der Waals surface area contributed by atoms with Gasteiger partial charge in [0.1, 0.15) is 5.82 Å². The van der Waals surface area contributed by atoms with E-state index in [1.165, 1.54) is 4.68 Å². The van der Waals surface area contributed by atoms with Crippen molar-refractivity contribution in [1.29, 1.82) is 0 Å². The number of amides is 2. The number of hydrogen-bond donors (Lipinski definition) is 1. The monoisotopic (exact) mass is 467 g/mol. The number of pyridine rings is 1. The van der Waals surface area contributed by atoms with Crippen LogP contribution in [0, 0.1) is 12.8 Å². The number of benzene rings is 2. The molecule has 0 spiro atoms. The Morgan fingerprint density at radius 2 is 1.71 bits per heavy atom. The molecule has 2 aromatic carbocycles. The number of carbonyl (C=O) groups is 2. The molecule has 8 nitrogen and oxygen atoms in total. The maximum atomic E-state index is 13.7. The molecule has 3 heterocycles. The van der Waals surface area contributed by atoms with Crippen LogP contribution in [0.3, 0.4) is 0 Å². The van der Waals surface area contributed by atoms with Gasteiger partial charge in [-0.1, -0.05) is 42.5 Å². The number of nitrogens with one attached hydrogen (secondary N) is 1. The average molecular weight is 468 g/mol. The van der Waals surface area contributed by atoms with Crippen molar-refractivity contribution in [1.82, 2.24) is 19.7 Å². The van der Waals surface area contributed by atoms with Gasteiger partial charge in [-0.05, 0) is 49.6 Å². The second-order valence-electron chi connectivity index (χ2n) is 8.70. The summed E-state index contributed by atoms with van der Waals surface area (Å²) in [7, 11) is 0. The van der Waals surface area contributed by atoms with Crippen LogP contribution in [-0.4, -0.2) is 44.6 Å². The molecule has 1 fully saturated rings. The molecular weight excluding hydrogens is 442 g/mol. The van der Waals surface area contributed by atoms with Gasteiger partial charge in [0.2, 0.25) is 5.91 Å². The number of carbonyl (C=O) groups excluding carboxylic acids is 2. The Hall–Kier alpha value is -4.33. The minimum absolute atomic E-state index is 0.156. The number of piperidine rings is 1. The number of hydrogen-bond acceptors (Lipinski definition) is 5. The SMILES string of the molecule is Cc1cccnc1NC(=O)C1CCCN(C(=O)c2nn(-c3ccccc3)c(=O)c3ccccc23)C1. The van der Waals surface area contributed by atoms with Gasteiger partial charge in [-0.25, -0.2) is 4.98 Å². The van der Waals surface area contributed by atoms with Gasteiger partial charge in [-0.3, -0.25) is 14.4 Å². The summed E-state index contributed by atoms with van der Waals surface area (Å²) in [5, 5.41) is 8.32. The molecule has 176 valence electrons. The molecule has 2 amide bonds. The van der Waals surface area contributed by atoms with E-state index in [-0.39, 0.29) is 35.5 Å². The Morgan fingerprint density at radius 3 is 2.49 bits per heavy atom. The van der Waals surface area contributed by atoms with E-state index in [2.05, 4.69) is 15.4 Å². The normalized spacial score (nSPS) is 15.7. The lowest BCUT2D eigenvalue weighted by atomic mass is 9.96. The molecule has 0 bridgehead atoms. The quantitative estimate of drug-likeness (QED) is 0.495. The summed E-state index contributed by atoms with van der Waals surface area (Å²) in [5.41, 5.74) is 1.37. The average Bonchev–Trinajstić information content (AvgIpc) is 2.90. The summed E-state index contributed by atoms with van der Waals surface area (Å²) in [6.45, 7) is 2.68. The Bertz CT molecular complexity index is 1460. The number of aromatic nitrogens is 3. The van der Waals surface area contributed by atoms with Crippen molar-refractivity contribution in [3.63, 3.8) is 0 Å². The molecule has 2 aromatic heterocycles. The molecule has 1 aliphatic rings. The summed E-state index contributed by atoms with van der Waals surface area (Å²) in [5.74, 6) is -0.280.